The Hall–Kier alpha value is -1.31. The number of nitrogens with two attached hydrogens (primary N) is 1. The summed E-state index contributed by atoms with van der Waals surface area (Å²) in [7, 11) is 0. The third kappa shape index (κ3) is 3.09. The lowest BCUT2D eigenvalue weighted by atomic mass is 10.0. The maximum Gasteiger partial charge on any atom is 0.419 e. The van der Waals surface area contributed by atoms with Crippen molar-refractivity contribution in [2.45, 2.75) is 18.4 Å². The predicted octanol–water partition coefficient (Wildman–Crippen LogP) is 3.41. The molecule has 0 saturated heterocycles. The van der Waals surface area contributed by atoms with Gasteiger partial charge >= 0.3 is 12.4 Å². The van der Waals surface area contributed by atoms with Crippen LogP contribution in [-0.4, -0.2) is 6.18 Å². The Morgan fingerprint density at radius 3 is 1.88 bits per heavy atom. The molecule has 8 heteroatoms. The minimum atomic E-state index is -4.95. The number of rotatable bonds is 1. The average molecular weight is 261 g/mol. The fourth-order valence-corrected chi connectivity index (χ4v) is 1.14. The molecule has 1 nitrogen and oxygen atoms in total. The second-order valence-corrected chi connectivity index (χ2v) is 3.26. The van der Waals surface area contributed by atoms with Crippen molar-refractivity contribution in [2.75, 3.05) is 0 Å². The van der Waals surface area contributed by atoms with Crippen LogP contribution in [0.5, 0.6) is 0 Å². The summed E-state index contributed by atoms with van der Waals surface area (Å²) in [6.45, 7) is 0. The molecule has 0 radical (unpaired) electrons. The lowest BCUT2D eigenvalue weighted by Gasteiger charge is -2.17. The van der Waals surface area contributed by atoms with Crippen molar-refractivity contribution in [3.05, 3.63) is 35.1 Å². The van der Waals surface area contributed by atoms with Crippen LogP contribution in [0.4, 0.5) is 30.7 Å². The third-order valence-corrected chi connectivity index (χ3v) is 2.01. The second kappa shape index (κ2) is 4.17. The standard InChI is InChI=1S/C9H6F7N/c10-6-3-4(7(17)9(14,15)16)1-2-5(6)8(11,12)13/h1-3,7H,17H2/t7-/m0/s1. The number of halogens is 7. The van der Waals surface area contributed by atoms with E-state index < -0.39 is 35.3 Å². The van der Waals surface area contributed by atoms with Gasteiger partial charge in [0.15, 0.2) is 0 Å². The van der Waals surface area contributed by atoms with Gasteiger partial charge in [0, 0.05) is 0 Å². The van der Waals surface area contributed by atoms with Gasteiger partial charge in [-0.25, -0.2) is 4.39 Å². The molecule has 17 heavy (non-hydrogen) atoms. The van der Waals surface area contributed by atoms with Gasteiger partial charge in [-0.2, -0.15) is 26.3 Å². The van der Waals surface area contributed by atoms with E-state index in [1.807, 2.05) is 0 Å². The Kier molecular flexibility index (Phi) is 3.37. The largest absolute Gasteiger partial charge is 0.419 e. The lowest BCUT2D eigenvalue weighted by molar-refractivity contribution is -0.149. The predicted molar refractivity (Wildman–Crippen MR) is 44.4 cm³/mol. The number of hydrogen-bond acceptors (Lipinski definition) is 1. The highest BCUT2D eigenvalue weighted by molar-refractivity contribution is 5.29. The molecule has 0 aliphatic carbocycles. The summed E-state index contributed by atoms with van der Waals surface area (Å²) in [5.74, 6) is -1.78. The van der Waals surface area contributed by atoms with Gasteiger partial charge in [-0.1, -0.05) is 6.07 Å². The SMILES string of the molecule is N[C@@H](c1ccc(C(F)(F)F)c(F)c1)C(F)(F)F. The molecule has 0 aromatic heterocycles. The Labute approximate surface area is 91.0 Å². The summed E-state index contributed by atoms with van der Waals surface area (Å²) < 4.78 is 85.7. The maximum atomic E-state index is 13.0. The van der Waals surface area contributed by atoms with Gasteiger partial charge in [0.05, 0.1) is 5.56 Å². The van der Waals surface area contributed by atoms with E-state index in [1.54, 1.807) is 0 Å². The van der Waals surface area contributed by atoms with Crippen molar-refractivity contribution >= 4 is 0 Å². The second-order valence-electron chi connectivity index (χ2n) is 3.26. The zero-order chi connectivity index (χ0) is 13.4. The molecule has 2 N–H and O–H groups in total. The summed E-state index contributed by atoms with van der Waals surface area (Å²) >= 11 is 0. The van der Waals surface area contributed by atoms with E-state index in [1.165, 1.54) is 0 Å². The van der Waals surface area contributed by atoms with Gasteiger partial charge in [-0.15, -0.1) is 0 Å². The summed E-state index contributed by atoms with van der Waals surface area (Å²) in [5, 5.41) is 0. The first-order valence-corrected chi connectivity index (χ1v) is 4.22. The van der Waals surface area contributed by atoms with Crippen molar-refractivity contribution in [3.8, 4) is 0 Å². The van der Waals surface area contributed by atoms with E-state index in [-0.39, 0.29) is 12.1 Å². The average Bonchev–Trinajstić information content (AvgIpc) is 2.12. The molecule has 1 aromatic carbocycles. The summed E-state index contributed by atoms with van der Waals surface area (Å²) in [6.07, 6.45) is -9.79. The minimum absolute atomic E-state index is 0.140. The molecule has 0 aliphatic heterocycles. The Bertz CT molecular complexity index is 407. The smallest absolute Gasteiger partial charge is 0.316 e. The molecule has 1 atom stereocenters. The van der Waals surface area contributed by atoms with Crippen LogP contribution in [0.1, 0.15) is 17.2 Å². The molecule has 0 heterocycles. The molecule has 1 aromatic rings. The lowest BCUT2D eigenvalue weighted by Crippen LogP contribution is -2.28. The fourth-order valence-electron chi connectivity index (χ4n) is 1.14. The van der Waals surface area contributed by atoms with Gasteiger partial charge in [0.2, 0.25) is 0 Å². The topological polar surface area (TPSA) is 26.0 Å². The normalized spacial score (nSPS) is 14.8. The van der Waals surface area contributed by atoms with Crippen LogP contribution in [0.2, 0.25) is 0 Å². The van der Waals surface area contributed by atoms with Crippen molar-refractivity contribution in [1.29, 1.82) is 0 Å². The number of hydrogen-bond donors (Lipinski definition) is 1. The van der Waals surface area contributed by atoms with E-state index in [9.17, 15) is 30.7 Å². The zero-order valence-corrected chi connectivity index (χ0v) is 8.03. The van der Waals surface area contributed by atoms with Gasteiger partial charge in [0.25, 0.3) is 0 Å². The van der Waals surface area contributed by atoms with Crippen LogP contribution in [0.3, 0.4) is 0 Å². The third-order valence-electron chi connectivity index (χ3n) is 2.01. The highest BCUT2D eigenvalue weighted by atomic mass is 19.4. The van der Waals surface area contributed by atoms with E-state index in [0.717, 1.165) is 0 Å². The van der Waals surface area contributed by atoms with Gasteiger partial charge in [0.1, 0.15) is 11.9 Å². The molecule has 0 bridgehead atoms. The fraction of sp³-hybridized carbons (Fsp3) is 0.333. The Morgan fingerprint density at radius 2 is 1.53 bits per heavy atom. The first-order chi connectivity index (χ1) is 7.53. The van der Waals surface area contributed by atoms with Crippen molar-refractivity contribution in [1.82, 2.24) is 0 Å². The van der Waals surface area contributed by atoms with Gasteiger partial charge < -0.3 is 5.73 Å². The molecule has 0 saturated carbocycles. The summed E-state index contributed by atoms with van der Waals surface area (Å²) in [4.78, 5) is 0. The Morgan fingerprint density at radius 1 is 1.00 bits per heavy atom. The van der Waals surface area contributed by atoms with Crippen LogP contribution in [-0.2, 0) is 6.18 Å². The molecule has 0 fully saturated rings. The summed E-state index contributed by atoms with van der Waals surface area (Å²) in [5.41, 5.74) is 2.34. The Balaban J connectivity index is 3.14. The molecule has 1 rings (SSSR count). The van der Waals surface area contributed by atoms with Gasteiger partial charge in [-0.05, 0) is 17.7 Å². The molecule has 0 amide bonds. The van der Waals surface area contributed by atoms with E-state index in [4.69, 9.17) is 5.73 Å². The van der Waals surface area contributed by atoms with Crippen LogP contribution in [0.25, 0.3) is 0 Å². The first kappa shape index (κ1) is 13.8. The minimum Gasteiger partial charge on any atom is -0.316 e. The highest BCUT2D eigenvalue weighted by Gasteiger charge is 2.39. The number of alkyl halides is 6. The maximum absolute atomic E-state index is 13.0. The monoisotopic (exact) mass is 261 g/mol. The number of benzene rings is 1. The van der Waals surface area contributed by atoms with E-state index in [2.05, 4.69) is 0 Å². The zero-order valence-electron chi connectivity index (χ0n) is 8.03. The van der Waals surface area contributed by atoms with Crippen LogP contribution < -0.4 is 5.73 Å². The summed E-state index contributed by atoms with van der Waals surface area (Å²) in [6, 6.07) is -1.64. The van der Waals surface area contributed by atoms with Crippen molar-refractivity contribution < 1.29 is 30.7 Å². The highest BCUT2D eigenvalue weighted by Crippen LogP contribution is 2.35. The van der Waals surface area contributed by atoms with Crippen LogP contribution in [0, 0.1) is 5.82 Å². The quantitative estimate of drug-likeness (QED) is 0.770. The molecular formula is C9H6F7N. The van der Waals surface area contributed by atoms with Crippen LogP contribution in [0.15, 0.2) is 18.2 Å². The molecule has 0 unspecified atom stereocenters. The van der Waals surface area contributed by atoms with E-state index >= 15 is 0 Å². The molecule has 96 valence electrons. The molecule has 0 spiro atoms. The first-order valence-electron chi connectivity index (χ1n) is 4.22. The van der Waals surface area contributed by atoms with Crippen molar-refractivity contribution in [3.63, 3.8) is 0 Å². The van der Waals surface area contributed by atoms with Crippen molar-refractivity contribution in [2.24, 2.45) is 5.73 Å². The van der Waals surface area contributed by atoms with Gasteiger partial charge in [-0.3, -0.25) is 0 Å². The molecular weight excluding hydrogens is 255 g/mol. The molecule has 0 aliphatic rings. The van der Waals surface area contributed by atoms with E-state index in [0.29, 0.717) is 6.07 Å². The van der Waals surface area contributed by atoms with Crippen LogP contribution >= 0.6 is 0 Å².